The summed E-state index contributed by atoms with van der Waals surface area (Å²) in [5, 5.41) is 8.88. The number of carbonyl (C=O) groups is 2. The third kappa shape index (κ3) is 5.06. The van der Waals surface area contributed by atoms with E-state index in [9.17, 15) is 9.59 Å². The number of hydrogen-bond acceptors (Lipinski definition) is 5. The van der Waals surface area contributed by atoms with Crippen LogP contribution in [0.3, 0.4) is 0 Å². The van der Waals surface area contributed by atoms with Crippen LogP contribution in [0, 0.1) is 0 Å². The number of rotatable bonds is 8. The van der Waals surface area contributed by atoms with E-state index in [0.717, 1.165) is 5.56 Å². The minimum absolute atomic E-state index is 0.174. The second-order valence-electron chi connectivity index (χ2n) is 6.14. The molecule has 0 spiro atoms. The van der Waals surface area contributed by atoms with Gasteiger partial charge >= 0.3 is 5.97 Å². The summed E-state index contributed by atoms with van der Waals surface area (Å²) in [5.74, 6) is -0.534. The number of nitrogens with two attached hydrogens (primary N) is 1. The van der Waals surface area contributed by atoms with Gasteiger partial charge in [-0.2, -0.15) is 0 Å². The summed E-state index contributed by atoms with van der Waals surface area (Å²) in [6.07, 6.45) is 0. The van der Waals surface area contributed by atoms with E-state index in [1.54, 1.807) is 60.7 Å². The lowest BCUT2D eigenvalue weighted by atomic mass is 10.0. The predicted octanol–water partition coefficient (Wildman–Crippen LogP) is 4.20. The Morgan fingerprint density at radius 2 is 1.62 bits per heavy atom. The molecule has 29 heavy (non-hydrogen) atoms. The van der Waals surface area contributed by atoms with Crippen LogP contribution in [-0.4, -0.2) is 23.5 Å². The molecule has 0 amide bonds. The first-order valence-corrected chi connectivity index (χ1v) is 9.07. The van der Waals surface area contributed by atoms with Crippen molar-refractivity contribution in [3.8, 4) is 11.5 Å². The van der Waals surface area contributed by atoms with E-state index in [0.29, 0.717) is 17.1 Å². The summed E-state index contributed by atoms with van der Waals surface area (Å²) in [5.41, 5.74) is 7.85. The van der Waals surface area contributed by atoms with E-state index < -0.39 is 12.6 Å². The van der Waals surface area contributed by atoms with E-state index >= 15 is 0 Å². The maximum Gasteiger partial charge on any atom is 0.341 e. The fourth-order valence-corrected chi connectivity index (χ4v) is 2.90. The van der Waals surface area contributed by atoms with Crippen molar-refractivity contribution < 1.29 is 24.2 Å². The molecule has 0 aliphatic carbocycles. The van der Waals surface area contributed by atoms with E-state index in [-0.39, 0.29) is 28.7 Å². The topological polar surface area (TPSA) is 98.8 Å². The number of aliphatic carboxylic acids is 1. The van der Waals surface area contributed by atoms with Crippen LogP contribution in [0.25, 0.3) is 0 Å². The average molecular weight is 412 g/mol. The molecule has 6 nitrogen and oxygen atoms in total. The van der Waals surface area contributed by atoms with Gasteiger partial charge in [-0.05, 0) is 29.8 Å². The Kier molecular flexibility index (Phi) is 6.36. The van der Waals surface area contributed by atoms with Gasteiger partial charge in [0.25, 0.3) is 0 Å². The molecular weight excluding hydrogens is 394 g/mol. The SMILES string of the molecule is Nc1c(OCc2ccc(OCC(=O)O)cc2)ccc(Cl)c1C(=O)c1ccccc1. The quantitative estimate of drug-likeness (QED) is 0.426. The third-order valence-electron chi connectivity index (χ3n) is 4.10. The van der Waals surface area contributed by atoms with E-state index in [1.165, 1.54) is 0 Å². The summed E-state index contributed by atoms with van der Waals surface area (Å²) < 4.78 is 10.9. The molecule has 3 aromatic rings. The maximum atomic E-state index is 12.8. The van der Waals surface area contributed by atoms with Crippen molar-refractivity contribution in [2.75, 3.05) is 12.3 Å². The number of ether oxygens (including phenoxy) is 2. The lowest BCUT2D eigenvalue weighted by Crippen LogP contribution is -2.09. The highest BCUT2D eigenvalue weighted by molar-refractivity contribution is 6.36. The van der Waals surface area contributed by atoms with E-state index in [1.807, 2.05) is 6.07 Å². The molecule has 3 N–H and O–H groups in total. The molecule has 0 saturated carbocycles. The molecule has 0 aliphatic rings. The van der Waals surface area contributed by atoms with Crippen LogP contribution in [0.15, 0.2) is 66.7 Å². The summed E-state index contributed by atoms with van der Waals surface area (Å²) in [6.45, 7) is -0.209. The summed E-state index contributed by atoms with van der Waals surface area (Å²) in [4.78, 5) is 23.3. The van der Waals surface area contributed by atoms with Gasteiger partial charge in [0, 0.05) is 5.56 Å². The number of anilines is 1. The van der Waals surface area contributed by atoms with E-state index in [4.69, 9.17) is 31.9 Å². The number of carboxylic acids is 1. The van der Waals surface area contributed by atoms with Crippen LogP contribution in [-0.2, 0) is 11.4 Å². The van der Waals surface area contributed by atoms with Crippen LogP contribution in [0.4, 0.5) is 5.69 Å². The van der Waals surface area contributed by atoms with Gasteiger partial charge in [0.15, 0.2) is 12.4 Å². The zero-order valence-corrected chi connectivity index (χ0v) is 16.1. The lowest BCUT2D eigenvalue weighted by molar-refractivity contribution is -0.139. The van der Waals surface area contributed by atoms with Crippen LogP contribution in [0.2, 0.25) is 5.02 Å². The molecule has 148 valence electrons. The zero-order valence-electron chi connectivity index (χ0n) is 15.3. The van der Waals surface area contributed by atoms with Crippen molar-refractivity contribution in [1.29, 1.82) is 0 Å². The fraction of sp³-hybridized carbons (Fsp3) is 0.0909. The minimum atomic E-state index is -1.04. The third-order valence-corrected chi connectivity index (χ3v) is 4.41. The molecule has 0 fully saturated rings. The van der Waals surface area contributed by atoms with Crippen molar-refractivity contribution in [1.82, 2.24) is 0 Å². The number of ketones is 1. The van der Waals surface area contributed by atoms with Gasteiger partial charge in [-0.1, -0.05) is 54.1 Å². The van der Waals surface area contributed by atoms with Gasteiger partial charge in [0.05, 0.1) is 16.3 Å². The number of carbonyl (C=O) groups excluding carboxylic acids is 1. The van der Waals surface area contributed by atoms with Crippen molar-refractivity contribution in [2.24, 2.45) is 0 Å². The highest BCUT2D eigenvalue weighted by atomic mass is 35.5. The first-order chi connectivity index (χ1) is 14.0. The smallest absolute Gasteiger partial charge is 0.341 e. The molecule has 0 aliphatic heterocycles. The standard InChI is InChI=1S/C22H18ClNO5/c23-17-10-11-18(21(24)20(17)22(27)15-4-2-1-3-5-15)29-12-14-6-8-16(9-7-14)28-13-19(25)26/h1-11H,12-13,24H2,(H,25,26). The molecule has 0 saturated heterocycles. The Morgan fingerprint density at radius 3 is 2.28 bits per heavy atom. The van der Waals surface area contributed by atoms with Gasteiger partial charge in [-0.25, -0.2) is 4.79 Å². The highest BCUT2D eigenvalue weighted by Gasteiger charge is 2.19. The van der Waals surface area contributed by atoms with Crippen molar-refractivity contribution >= 4 is 29.0 Å². The Hall–Kier alpha value is -3.51. The molecule has 0 unspecified atom stereocenters. The fourth-order valence-electron chi connectivity index (χ4n) is 2.65. The zero-order chi connectivity index (χ0) is 20.8. The second kappa shape index (κ2) is 9.12. The Morgan fingerprint density at radius 1 is 0.931 bits per heavy atom. The molecule has 3 aromatic carbocycles. The van der Waals surface area contributed by atoms with Crippen molar-refractivity contribution in [3.63, 3.8) is 0 Å². The normalized spacial score (nSPS) is 10.4. The first kappa shape index (κ1) is 20.2. The number of carboxylic acid groups (broad SMARTS) is 1. The van der Waals surface area contributed by atoms with E-state index in [2.05, 4.69) is 0 Å². The number of halogens is 1. The largest absolute Gasteiger partial charge is 0.487 e. The molecule has 0 radical (unpaired) electrons. The van der Waals surface area contributed by atoms with Gasteiger partial charge in [0.1, 0.15) is 18.1 Å². The summed E-state index contributed by atoms with van der Waals surface area (Å²) in [6, 6.07) is 18.7. The van der Waals surface area contributed by atoms with Crippen molar-refractivity contribution in [2.45, 2.75) is 6.61 Å². The Balaban J connectivity index is 1.73. The molecule has 0 aromatic heterocycles. The highest BCUT2D eigenvalue weighted by Crippen LogP contribution is 2.33. The molecule has 0 atom stereocenters. The average Bonchev–Trinajstić information content (AvgIpc) is 2.73. The van der Waals surface area contributed by atoms with Gasteiger partial charge < -0.3 is 20.3 Å². The lowest BCUT2D eigenvalue weighted by Gasteiger charge is -2.14. The molecule has 0 bridgehead atoms. The Bertz CT molecular complexity index is 1020. The van der Waals surface area contributed by atoms with Crippen LogP contribution in [0.1, 0.15) is 21.5 Å². The summed E-state index contributed by atoms with van der Waals surface area (Å²) >= 11 is 6.22. The predicted molar refractivity (Wildman–Crippen MR) is 110 cm³/mol. The second-order valence-corrected chi connectivity index (χ2v) is 6.55. The van der Waals surface area contributed by atoms with Gasteiger partial charge in [-0.3, -0.25) is 4.79 Å². The van der Waals surface area contributed by atoms with Crippen molar-refractivity contribution in [3.05, 3.63) is 88.4 Å². The molecular formula is C22H18ClNO5. The molecule has 3 rings (SSSR count). The maximum absolute atomic E-state index is 12.8. The Labute approximate surface area is 172 Å². The summed E-state index contributed by atoms with van der Waals surface area (Å²) in [7, 11) is 0. The van der Waals surface area contributed by atoms with Crippen LogP contribution < -0.4 is 15.2 Å². The van der Waals surface area contributed by atoms with Crippen LogP contribution in [0.5, 0.6) is 11.5 Å². The molecule has 7 heteroatoms. The first-order valence-electron chi connectivity index (χ1n) is 8.69. The molecule has 0 heterocycles. The van der Waals surface area contributed by atoms with Crippen LogP contribution >= 0.6 is 11.6 Å². The number of nitrogen functional groups attached to an aromatic ring is 1. The van der Waals surface area contributed by atoms with Gasteiger partial charge in [0.2, 0.25) is 0 Å². The monoisotopic (exact) mass is 411 g/mol. The van der Waals surface area contributed by atoms with Gasteiger partial charge in [-0.15, -0.1) is 0 Å². The number of benzene rings is 3. The minimum Gasteiger partial charge on any atom is -0.487 e. The number of hydrogen-bond donors (Lipinski definition) is 2.